The Morgan fingerprint density at radius 1 is 1.00 bits per heavy atom. The molecule has 0 aliphatic carbocycles. The van der Waals surface area contributed by atoms with Crippen LogP contribution in [0.4, 0.5) is 0 Å². The highest BCUT2D eigenvalue weighted by atomic mass is 15.2. The Morgan fingerprint density at radius 2 is 1.38 bits per heavy atom. The van der Waals surface area contributed by atoms with Gasteiger partial charge in [-0.2, -0.15) is 0 Å². The standard InChI is InChI=1S/C11H24N2/c1-9(12-10(2,3)4)13(8)11(5,6)7/h1-8H3. The van der Waals surface area contributed by atoms with Crippen LogP contribution in [0.25, 0.3) is 0 Å². The molecule has 0 atom stereocenters. The number of amidine groups is 1. The van der Waals surface area contributed by atoms with Crippen molar-refractivity contribution in [1.82, 2.24) is 4.90 Å². The molecule has 0 aromatic heterocycles. The Balaban J connectivity index is 4.62. The monoisotopic (exact) mass is 184 g/mol. The van der Waals surface area contributed by atoms with Crippen LogP contribution in [-0.2, 0) is 0 Å². The smallest absolute Gasteiger partial charge is 0.0965 e. The van der Waals surface area contributed by atoms with Crippen LogP contribution in [0.5, 0.6) is 0 Å². The summed E-state index contributed by atoms with van der Waals surface area (Å²) in [6, 6.07) is 0. The second kappa shape index (κ2) is 3.69. The molecule has 0 aliphatic heterocycles. The van der Waals surface area contributed by atoms with E-state index in [0.29, 0.717) is 0 Å². The van der Waals surface area contributed by atoms with Gasteiger partial charge in [-0.1, -0.05) is 0 Å². The maximum absolute atomic E-state index is 4.62. The van der Waals surface area contributed by atoms with Crippen molar-refractivity contribution in [2.75, 3.05) is 7.05 Å². The predicted molar refractivity (Wildman–Crippen MR) is 60.4 cm³/mol. The van der Waals surface area contributed by atoms with Crippen molar-refractivity contribution >= 4 is 5.84 Å². The van der Waals surface area contributed by atoms with E-state index in [4.69, 9.17) is 0 Å². The predicted octanol–water partition coefficient (Wildman–Crippen LogP) is 2.93. The molecule has 0 rings (SSSR count). The summed E-state index contributed by atoms with van der Waals surface area (Å²) in [6.45, 7) is 15.0. The molecule has 13 heavy (non-hydrogen) atoms. The molecule has 2 heteroatoms. The van der Waals surface area contributed by atoms with E-state index >= 15 is 0 Å². The van der Waals surface area contributed by atoms with Gasteiger partial charge in [-0.05, 0) is 48.5 Å². The van der Waals surface area contributed by atoms with E-state index < -0.39 is 0 Å². The topological polar surface area (TPSA) is 15.6 Å². The van der Waals surface area contributed by atoms with Crippen LogP contribution >= 0.6 is 0 Å². The van der Waals surface area contributed by atoms with E-state index in [1.807, 2.05) is 0 Å². The summed E-state index contributed by atoms with van der Waals surface area (Å²) < 4.78 is 0. The lowest BCUT2D eigenvalue weighted by Crippen LogP contribution is -2.42. The molecular formula is C11H24N2. The van der Waals surface area contributed by atoms with Crippen molar-refractivity contribution in [3.63, 3.8) is 0 Å². The van der Waals surface area contributed by atoms with E-state index in [9.17, 15) is 0 Å². The summed E-state index contributed by atoms with van der Waals surface area (Å²) >= 11 is 0. The third kappa shape index (κ3) is 4.91. The van der Waals surface area contributed by atoms with E-state index in [1.165, 1.54) is 0 Å². The first-order chi connectivity index (χ1) is 5.54. The van der Waals surface area contributed by atoms with Gasteiger partial charge in [0.1, 0.15) is 0 Å². The second-order valence-corrected chi connectivity index (χ2v) is 5.56. The lowest BCUT2D eigenvalue weighted by Gasteiger charge is -2.34. The van der Waals surface area contributed by atoms with Crippen LogP contribution in [0, 0.1) is 0 Å². The molecule has 0 saturated heterocycles. The van der Waals surface area contributed by atoms with Crippen molar-refractivity contribution < 1.29 is 0 Å². The number of nitrogens with zero attached hydrogens (tertiary/aromatic N) is 2. The maximum Gasteiger partial charge on any atom is 0.0965 e. The minimum absolute atomic E-state index is 0.0175. The fraction of sp³-hybridized carbons (Fsp3) is 0.909. The molecule has 0 bridgehead atoms. The molecule has 0 amide bonds. The Labute approximate surface area is 83.0 Å². The molecule has 0 unspecified atom stereocenters. The largest absolute Gasteiger partial charge is 0.359 e. The fourth-order valence-corrected chi connectivity index (χ4v) is 1.05. The number of aliphatic imine (C=N–C) groups is 1. The lowest BCUT2D eigenvalue weighted by atomic mass is 10.1. The zero-order valence-electron chi connectivity index (χ0n) is 10.4. The van der Waals surface area contributed by atoms with Crippen molar-refractivity contribution in [3.8, 4) is 0 Å². The van der Waals surface area contributed by atoms with Crippen molar-refractivity contribution in [2.24, 2.45) is 4.99 Å². The molecule has 0 N–H and O–H groups in total. The van der Waals surface area contributed by atoms with Gasteiger partial charge < -0.3 is 4.90 Å². The first kappa shape index (κ1) is 12.5. The average molecular weight is 184 g/mol. The average Bonchev–Trinajstić information content (AvgIpc) is 1.79. The van der Waals surface area contributed by atoms with Crippen LogP contribution in [0.2, 0.25) is 0 Å². The first-order valence-corrected chi connectivity index (χ1v) is 4.84. The highest BCUT2D eigenvalue weighted by Gasteiger charge is 2.19. The van der Waals surface area contributed by atoms with Crippen LogP contribution in [-0.4, -0.2) is 28.9 Å². The Kier molecular flexibility index (Phi) is 3.54. The summed E-state index contributed by atoms with van der Waals surface area (Å²) in [4.78, 5) is 6.82. The van der Waals surface area contributed by atoms with Gasteiger partial charge in [0.15, 0.2) is 0 Å². The molecule has 0 aromatic carbocycles. The highest BCUT2D eigenvalue weighted by molar-refractivity contribution is 5.80. The minimum Gasteiger partial charge on any atom is -0.359 e. The summed E-state index contributed by atoms with van der Waals surface area (Å²) in [7, 11) is 2.09. The van der Waals surface area contributed by atoms with Crippen LogP contribution < -0.4 is 0 Å². The Hall–Kier alpha value is -0.530. The number of rotatable bonds is 0. The molecule has 0 heterocycles. The van der Waals surface area contributed by atoms with Crippen molar-refractivity contribution in [2.45, 2.75) is 59.5 Å². The maximum atomic E-state index is 4.62. The third-order valence-corrected chi connectivity index (χ3v) is 1.99. The number of hydrogen-bond acceptors (Lipinski definition) is 1. The minimum atomic E-state index is 0.0175. The quantitative estimate of drug-likeness (QED) is 0.417. The second-order valence-electron chi connectivity index (χ2n) is 5.56. The van der Waals surface area contributed by atoms with E-state index in [2.05, 4.69) is 65.4 Å². The van der Waals surface area contributed by atoms with E-state index in [0.717, 1.165) is 5.84 Å². The summed E-state index contributed by atoms with van der Waals surface area (Å²) in [6.07, 6.45) is 0. The van der Waals surface area contributed by atoms with Crippen LogP contribution in [0.1, 0.15) is 48.5 Å². The van der Waals surface area contributed by atoms with Gasteiger partial charge in [0.25, 0.3) is 0 Å². The van der Waals surface area contributed by atoms with Gasteiger partial charge in [0, 0.05) is 12.6 Å². The Bertz CT molecular complexity index is 191. The third-order valence-electron chi connectivity index (χ3n) is 1.99. The van der Waals surface area contributed by atoms with E-state index in [1.54, 1.807) is 0 Å². The van der Waals surface area contributed by atoms with Gasteiger partial charge in [-0.25, -0.2) is 0 Å². The van der Waals surface area contributed by atoms with Crippen LogP contribution in [0.15, 0.2) is 4.99 Å². The van der Waals surface area contributed by atoms with Crippen LogP contribution in [0.3, 0.4) is 0 Å². The molecule has 2 nitrogen and oxygen atoms in total. The molecular weight excluding hydrogens is 160 g/mol. The zero-order valence-corrected chi connectivity index (χ0v) is 10.4. The highest BCUT2D eigenvalue weighted by Crippen LogP contribution is 2.14. The molecule has 0 fully saturated rings. The fourth-order valence-electron chi connectivity index (χ4n) is 1.05. The first-order valence-electron chi connectivity index (χ1n) is 4.84. The summed E-state index contributed by atoms with van der Waals surface area (Å²) in [5.41, 5.74) is 0.169. The van der Waals surface area contributed by atoms with Gasteiger partial charge in [0.2, 0.25) is 0 Å². The van der Waals surface area contributed by atoms with E-state index in [-0.39, 0.29) is 11.1 Å². The van der Waals surface area contributed by atoms with Gasteiger partial charge in [0.05, 0.1) is 11.4 Å². The Morgan fingerprint density at radius 3 is 1.62 bits per heavy atom. The summed E-state index contributed by atoms with van der Waals surface area (Å²) in [5.74, 6) is 1.10. The molecule has 0 aliphatic rings. The molecule has 0 spiro atoms. The lowest BCUT2D eigenvalue weighted by molar-refractivity contribution is 0.277. The molecule has 0 radical (unpaired) electrons. The van der Waals surface area contributed by atoms with Crippen molar-refractivity contribution in [1.29, 1.82) is 0 Å². The summed E-state index contributed by atoms with van der Waals surface area (Å²) in [5, 5.41) is 0. The van der Waals surface area contributed by atoms with Gasteiger partial charge in [-0.15, -0.1) is 0 Å². The van der Waals surface area contributed by atoms with Crippen molar-refractivity contribution in [3.05, 3.63) is 0 Å². The molecule has 0 aromatic rings. The number of hydrogen-bond donors (Lipinski definition) is 0. The molecule has 78 valence electrons. The normalized spacial score (nSPS) is 14.6. The van der Waals surface area contributed by atoms with Gasteiger partial charge in [-0.3, -0.25) is 4.99 Å². The van der Waals surface area contributed by atoms with Gasteiger partial charge >= 0.3 is 0 Å². The SMILES string of the molecule is CC(=NC(C)(C)C)N(C)C(C)(C)C. The molecule has 0 saturated carbocycles. The zero-order chi connectivity index (χ0) is 10.9.